The molecule has 2 aromatic carbocycles. The van der Waals surface area contributed by atoms with E-state index in [-0.39, 0.29) is 5.69 Å². The molecule has 0 fully saturated rings. The number of hydrogen-bond acceptors (Lipinski definition) is 3. The minimum atomic E-state index is -0.892. The maximum Gasteiger partial charge on any atom is 0.188 e. The summed E-state index contributed by atoms with van der Waals surface area (Å²) < 4.78 is 27.5. The highest BCUT2D eigenvalue weighted by atomic mass is 32.1. The van der Waals surface area contributed by atoms with Gasteiger partial charge in [0.2, 0.25) is 0 Å². The number of aromatic nitrogens is 1. The number of halogens is 2. The smallest absolute Gasteiger partial charge is 0.188 e. The fourth-order valence-corrected chi connectivity index (χ4v) is 2.52. The second-order valence-electron chi connectivity index (χ2n) is 3.71. The van der Waals surface area contributed by atoms with Crippen molar-refractivity contribution in [1.29, 1.82) is 0 Å². The van der Waals surface area contributed by atoms with Crippen LogP contribution in [0.5, 0.6) is 0 Å². The summed E-state index contributed by atoms with van der Waals surface area (Å²) in [6.45, 7) is 0. The van der Waals surface area contributed by atoms with Gasteiger partial charge in [-0.3, -0.25) is 0 Å². The van der Waals surface area contributed by atoms with Crippen molar-refractivity contribution >= 4 is 32.4 Å². The molecule has 0 saturated heterocycles. The summed E-state index contributed by atoms with van der Waals surface area (Å²) in [5, 5.41) is 3.34. The molecule has 0 spiro atoms. The summed E-state index contributed by atoms with van der Waals surface area (Å²) in [6, 6.07) is 11.6. The SMILES string of the molecule is Fc1cccc(Nc2nc3ccccc3s2)c1F. The lowest BCUT2D eigenvalue weighted by molar-refractivity contribution is 0.512. The van der Waals surface area contributed by atoms with Gasteiger partial charge in [0.25, 0.3) is 0 Å². The monoisotopic (exact) mass is 262 g/mol. The quantitative estimate of drug-likeness (QED) is 0.744. The largest absolute Gasteiger partial charge is 0.329 e. The van der Waals surface area contributed by atoms with E-state index in [2.05, 4.69) is 10.3 Å². The van der Waals surface area contributed by atoms with Crippen LogP contribution in [0.15, 0.2) is 42.5 Å². The van der Waals surface area contributed by atoms with Gasteiger partial charge >= 0.3 is 0 Å². The molecule has 0 amide bonds. The number of nitrogens with one attached hydrogen (secondary N) is 1. The molecule has 90 valence electrons. The Hall–Kier alpha value is -2.01. The molecule has 18 heavy (non-hydrogen) atoms. The number of hydrogen-bond donors (Lipinski definition) is 1. The van der Waals surface area contributed by atoms with Crippen LogP contribution in [0.25, 0.3) is 10.2 Å². The zero-order chi connectivity index (χ0) is 12.5. The van der Waals surface area contributed by atoms with Crippen LogP contribution in [0.3, 0.4) is 0 Å². The van der Waals surface area contributed by atoms with Crippen molar-refractivity contribution in [2.24, 2.45) is 0 Å². The van der Waals surface area contributed by atoms with Gasteiger partial charge in [0.05, 0.1) is 15.9 Å². The highest BCUT2D eigenvalue weighted by Crippen LogP contribution is 2.29. The van der Waals surface area contributed by atoms with E-state index in [9.17, 15) is 8.78 Å². The number of thiazole rings is 1. The molecule has 0 atom stereocenters. The third-order valence-corrected chi connectivity index (χ3v) is 3.44. The van der Waals surface area contributed by atoms with Crippen LogP contribution in [0.2, 0.25) is 0 Å². The van der Waals surface area contributed by atoms with Crippen LogP contribution in [-0.4, -0.2) is 4.98 Å². The molecular weight excluding hydrogens is 254 g/mol. The minimum absolute atomic E-state index is 0.0917. The lowest BCUT2D eigenvalue weighted by Crippen LogP contribution is -1.95. The third-order valence-electron chi connectivity index (χ3n) is 2.49. The van der Waals surface area contributed by atoms with Gasteiger partial charge in [-0.2, -0.15) is 0 Å². The number of fused-ring (bicyclic) bond motifs is 1. The molecule has 0 aliphatic rings. The fourth-order valence-electron chi connectivity index (χ4n) is 1.64. The molecule has 3 rings (SSSR count). The Kier molecular flexibility index (Phi) is 2.68. The Morgan fingerprint density at radius 2 is 1.83 bits per heavy atom. The molecule has 0 saturated carbocycles. The predicted octanol–water partition coefficient (Wildman–Crippen LogP) is 4.32. The molecule has 1 N–H and O–H groups in total. The van der Waals surface area contributed by atoms with E-state index in [1.807, 2.05) is 24.3 Å². The number of anilines is 2. The van der Waals surface area contributed by atoms with Crippen molar-refractivity contribution in [3.63, 3.8) is 0 Å². The van der Waals surface area contributed by atoms with Gasteiger partial charge in [-0.15, -0.1) is 0 Å². The van der Waals surface area contributed by atoms with E-state index in [0.29, 0.717) is 5.13 Å². The Balaban J connectivity index is 1.99. The van der Waals surface area contributed by atoms with Gasteiger partial charge in [-0.25, -0.2) is 13.8 Å². The Morgan fingerprint density at radius 1 is 1.00 bits per heavy atom. The van der Waals surface area contributed by atoms with Crippen LogP contribution in [0, 0.1) is 11.6 Å². The predicted molar refractivity (Wildman–Crippen MR) is 69.3 cm³/mol. The zero-order valence-corrected chi connectivity index (χ0v) is 9.97. The van der Waals surface area contributed by atoms with Crippen LogP contribution >= 0.6 is 11.3 Å². The Morgan fingerprint density at radius 3 is 2.67 bits per heavy atom. The van der Waals surface area contributed by atoms with Crippen molar-refractivity contribution in [1.82, 2.24) is 4.98 Å². The van der Waals surface area contributed by atoms with Crippen LogP contribution < -0.4 is 5.32 Å². The molecule has 0 bridgehead atoms. The van der Waals surface area contributed by atoms with E-state index < -0.39 is 11.6 Å². The summed E-state index contributed by atoms with van der Waals surface area (Å²) in [7, 11) is 0. The minimum Gasteiger partial charge on any atom is -0.329 e. The van der Waals surface area contributed by atoms with Gasteiger partial charge in [-0.1, -0.05) is 29.5 Å². The van der Waals surface area contributed by atoms with Gasteiger partial charge in [0, 0.05) is 0 Å². The molecule has 0 aliphatic heterocycles. The maximum atomic E-state index is 13.5. The number of benzene rings is 2. The molecule has 1 aromatic heterocycles. The number of para-hydroxylation sites is 1. The standard InChI is InChI=1S/C13H8F2N2S/c14-8-4-3-6-10(12(8)15)17-13-16-9-5-1-2-7-11(9)18-13/h1-7H,(H,16,17). The molecule has 0 aliphatic carbocycles. The van der Waals surface area contributed by atoms with E-state index in [1.54, 1.807) is 0 Å². The van der Waals surface area contributed by atoms with Gasteiger partial charge in [0.1, 0.15) is 0 Å². The van der Waals surface area contributed by atoms with E-state index in [4.69, 9.17) is 0 Å². The van der Waals surface area contributed by atoms with Gasteiger partial charge in [0.15, 0.2) is 16.8 Å². The molecule has 0 radical (unpaired) electrons. The average molecular weight is 262 g/mol. The average Bonchev–Trinajstić information content (AvgIpc) is 2.77. The van der Waals surface area contributed by atoms with E-state index in [1.165, 1.54) is 23.5 Å². The van der Waals surface area contributed by atoms with Crippen LogP contribution in [0.1, 0.15) is 0 Å². The molecule has 2 nitrogen and oxygen atoms in total. The maximum absolute atomic E-state index is 13.5. The molecule has 0 unspecified atom stereocenters. The second-order valence-corrected chi connectivity index (χ2v) is 4.74. The van der Waals surface area contributed by atoms with Crippen molar-refractivity contribution < 1.29 is 8.78 Å². The first-order valence-corrected chi connectivity index (χ1v) is 6.12. The molecule has 5 heteroatoms. The third kappa shape index (κ3) is 1.93. The highest BCUT2D eigenvalue weighted by molar-refractivity contribution is 7.22. The van der Waals surface area contributed by atoms with E-state index in [0.717, 1.165) is 16.3 Å². The second kappa shape index (κ2) is 4.34. The Bertz CT molecular complexity index is 676. The first kappa shape index (κ1) is 11.1. The molecule has 1 heterocycles. The Labute approximate surface area is 106 Å². The highest BCUT2D eigenvalue weighted by Gasteiger charge is 2.09. The first-order chi connectivity index (χ1) is 8.74. The van der Waals surface area contributed by atoms with Crippen LogP contribution in [0.4, 0.5) is 19.6 Å². The normalized spacial score (nSPS) is 10.8. The topological polar surface area (TPSA) is 24.9 Å². The van der Waals surface area contributed by atoms with Crippen molar-refractivity contribution in [3.05, 3.63) is 54.1 Å². The summed E-state index contributed by atoms with van der Waals surface area (Å²) in [5.41, 5.74) is 0.927. The lowest BCUT2D eigenvalue weighted by atomic mass is 10.3. The van der Waals surface area contributed by atoms with Crippen molar-refractivity contribution in [2.75, 3.05) is 5.32 Å². The fraction of sp³-hybridized carbons (Fsp3) is 0. The summed E-state index contributed by atoms with van der Waals surface area (Å²) in [4.78, 5) is 4.30. The lowest BCUT2D eigenvalue weighted by Gasteiger charge is -2.03. The number of nitrogens with zero attached hydrogens (tertiary/aromatic N) is 1. The van der Waals surface area contributed by atoms with Crippen LogP contribution in [-0.2, 0) is 0 Å². The van der Waals surface area contributed by atoms with Crippen molar-refractivity contribution in [3.8, 4) is 0 Å². The summed E-state index contributed by atoms with van der Waals surface area (Å²) in [6.07, 6.45) is 0. The van der Waals surface area contributed by atoms with Gasteiger partial charge < -0.3 is 5.32 Å². The number of rotatable bonds is 2. The zero-order valence-electron chi connectivity index (χ0n) is 9.15. The molecule has 3 aromatic rings. The first-order valence-electron chi connectivity index (χ1n) is 5.30. The van der Waals surface area contributed by atoms with Gasteiger partial charge in [-0.05, 0) is 24.3 Å². The summed E-state index contributed by atoms with van der Waals surface area (Å²) in [5.74, 6) is -1.77. The van der Waals surface area contributed by atoms with Crippen molar-refractivity contribution in [2.45, 2.75) is 0 Å². The summed E-state index contributed by atoms with van der Waals surface area (Å²) >= 11 is 1.40. The molecular formula is C13H8F2N2S. The van der Waals surface area contributed by atoms with E-state index >= 15 is 0 Å².